The molecule has 0 saturated carbocycles. The molecule has 1 amide bonds. The second-order valence-corrected chi connectivity index (χ2v) is 7.89. The molecule has 1 fully saturated rings. The summed E-state index contributed by atoms with van der Waals surface area (Å²) >= 11 is 1.58. The highest BCUT2D eigenvalue weighted by atomic mass is 32.1. The van der Waals surface area contributed by atoms with Gasteiger partial charge in [0, 0.05) is 30.8 Å². The highest BCUT2D eigenvalue weighted by molar-refractivity contribution is 7.13. The third-order valence-electron chi connectivity index (χ3n) is 5.02. The standard InChI is InChI=1S/C20H19F3N4OS/c21-20(22,23)14-3-1-4-15(11-14)27-8-6-13(7-9-27)19(28)24-18-12-16(25-26-18)17-5-2-10-29-17/h1-5,10-13H,6-9H2,(H2,24,25,26,28). The number of amides is 1. The number of hydrogen-bond acceptors (Lipinski definition) is 4. The molecule has 0 atom stereocenters. The van der Waals surface area contributed by atoms with E-state index in [0.29, 0.717) is 37.4 Å². The van der Waals surface area contributed by atoms with Gasteiger partial charge >= 0.3 is 6.18 Å². The van der Waals surface area contributed by atoms with Crippen LogP contribution in [0.3, 0.4) is 0 Å². The van der Waals surface area contributed by atoms with Gasteiger partial charge in [-0.05, 0) is 42.5 Å². The van der Waals surface area contributed by atoms with Crippen LogP contribution in [-0.2, 0) is 11.0 Å². The maximum atomic E-state index is 12.9. The quantitative estimate of drug-likeness (QED) is 0.624. The van der Waals surface area contributed by atoms with E-state index in [0.717, 1.165) is 22.7 Å². The van der Waals surface area contributed by atoms with E-state index in [1.165, 1.54) is 6.07 Å². The van der Waals surface area contributed by atoms with Crippen LogP contribution in [0.25, 0.3) is 10.6 Å². The molecule has 0 bridgehead atoms. The summed E-state index contributed by atoms with van der Waals surface area (Å²) in [6.45, 7) is 1.06. The Kier molecular flexibility index (Phi) is 5.31. The van der Waals surface area contributed by atoms with Gasteiger partial charge in [0.15, 0.2) is 5.82 Å². The van der Waals surface area contributed by atoms with Gasteiger partial charge in [-0.3, -0.25) is 9.89 Å². The first-order valence-electron chi connectivity index (χ1n) is 9.22. The smallest absolute Gasteiger partial charge is 0.371 e. The second kappa shape index (κ2) is 7.90. The molecule has 0 spiro atoms. The Morgan fingerprint density at radius 2 is 1.97 bits per heavy atom. The molecule has 0 radical (unpaired) electrons. The molecule has 1 saturated heterocycles. The number of hydrogen-bond donors (Lipinski definition) is 2. The molecule has 1 aliphatic rings. The van der Waals surface area contributed by atoms with Crippen molar-refractivity contribution in [2.24, 2.45) is 5.92 Å². The number of piperidine rings is 1. The van der Waals surface area contributed by atoms with E-state index in [4.69, 9.17) is 0 Å². The molecule has 1 aliphatic heterocycles. The van der Waals surface area contributed by atoms with E-state index >= 15 is 0 Å². The molecule has 1 aromatic carbocycles. The largest absolute Gasteiger partial charge is 0.416 e. The minimum Gasteiger partial charge on any atom is -0.371 e. The molecule has 2 N–H and O–H groups in total. The lowest BCUT2D eigenvalue weighted by Crippen LogP contribution is -2.38. The number of alkyl halides is 3. The molecular formula is C20H19F3N4OS. The maximum Gasteiger partial charge on any atom is 0.416 e. The van der Waals surface area contributed by atoms with Crippen molar-refractivity contribution in [1.29, 1.82) is 0 Å². The zero-order valence-electron chi connectivity index (χ0n) is 15.4. The van der Waals surface area contributed by atoms with Crippen LogP contribution in [0.4, 0.5) is 24.7 Å². The number of aromatic nitrogens is 2. The number of H-pyrrole nitrogens is 1. The molecule has 29 heavy (non-hydrogen) atoms. The third-order valence-corrected chi connectivity index (χ3v) is 5.92. The number of rotatable bonds is 4. The number of thiophene rings is 1. The van der Waals surface area contributed by atoms with Gasteiger partial charge in [-0.15, -0.1) is 11.3 Å². The van der Waals surface area contributed by atoms with Crippen molar-refractivity contribution >= 4 is 28.7 Å². The van der Waals surface area contributed by atoms with Gasteiger partial charge in [0.1, 0.15) is 0 Å². The first-order chi connectivity index (χ1) is 13.9. The van der Waals surface area contributed by atoms with E-state index in [1.54, 1.807) is 23.5 Å². The van der Waals surface area contributed by atoms with Gasteiger partial charge in [-0.2, -0.15) is 18.3 Å². The summed E-state index contributed by atoms with van der Waals surface area (Å²) in [5, 5.41) is 11.8. The number of carbonyl (C=O) groups is 1. The van der Waals surface area contributed by atoms with Crippen molar-refractivity contribution in [2.45, 2.75) is 19.0 Å². The normalized spacial score (nSPS) is 15.5. The fourth-order valence-corrected chi connectivity index (χ4v) is 4.14. The Morgan fingerprint density at radius 1 is 1.17 bits per heavy atom. The lowest BCUT2D eigenvalue weighted by molar-refractivity contribution is -0.137. The van der Waals surface area contributed by atoms with Gasteiger partial charge < -0.3 is 10.2 Å². The van der Waals surface area contributed by atoms with Gasteiger partial charge in [-0.25, -0.2) is 0 Å². The lowest BCUT2D eigenvalue weighted by Gasteiger charge is -2.33. The minimum absolute atomic E-state index is 0.113. The zero-order valence-corrected chi connectivity index (χ0v) is 16.2. The van der Waals surface area contributed by atoms with Crippen molar-refractivity contribution in [3.05, 3.63) is 53.4 Å². The van der Waals surface area contributed by atoms with Crippen LogP contribution < -0.4 is 10.2 Å². The predicted molar refractivity (Wildman–Crippen MR) is 107 cm³/mol. The van der Waals surface area contributed by atoms with Gasteiger partial charge in [0.05, 0.1) is 16.1 Å². The molecule has 2 aromatic heterocycles. The highest BCUT2D eigenvalue weighted by Gasteiger charge is 2.31. The van der Waals surface area contributed by atoms with Crippen molar-refractivity contribution < 1.29 is 18.0 Å². The van der Waals surface area contributed by atoms with Crippen LogP contribution in [0, 0.1) is 5.92 Å². The Labute approximate surface area is 169 Å². The lowest BCUT2D eigenvalue weighted by atomic mass is 9.95. The zero-order chi connectivity index (χ0) is 20.4. The molecule has 3 aromatic rings. The Hall–Kier alpha value is -2.81. The summed E-state index contributed by atoms with van der Waals surface area (Å²) in [6, 6.07) is 11.0. The van der Waals surface area contributed by atoms with Crippen LogP contribution in [0.15, 0.2) is 47.8 Å². The summed E-state index contributed by atoms with van der Waals surface area (Å²) in [6.07, 6.45) is -3.21. The Balaban J connectivity index is 1.34. The molecule has 0 unspecified atom stereocenters. The number of nitrogens with zero attached hydrogens (tertiary/aromatic N) is 2. The number of nitrogens with one attached hydrogen (secondary N) is 2. The van der Waals surface area contributed by atoms with E-state index < -0.39 is 11.7 Å². The summed E-state index contributed by atoms with van der Waals surface area (Å²) in [5.41, 5.74) is 0.719. The fourth-order valence-electron chi connectivity index (χ4n) is 3.45. The number of benzene rings is 1. The molecule has 152 valence electrons. The Bertz CT molecular complexity index is 976. The van der Waals surface area contributed by atoms with Crippen molar-refractivity contribution in [2.75, 3.05) is 23.3 Å². The van der Waals surface area contributed by atoms with E-state index in [1.807, 2.05) is 22.4 Å². The molecule has 4 rings (SSSR count). The molecule has 0 aliphatic carbocycles. The van der Waals surface area contributed by atoms with E-state index in [2.05, 4.69) is 15.5 Å². The maximum absolute atomic E-state index is 12.9. The molecule has 3 heterocycles. The van der Waals surface area contributed by atoms with Gasteiger partial charge in [0.2, 0.25) is 5.91 Å². The first-order valence-corrected chi connectivity index (χ1v) is 10.1. The van der Waals surface area contributed by atoms with Gasteiger partial charge in [-0.1, -0.05) is 12.1 Å². The first kappa shape index (κ1) is 19.5. The highest BCUT2D eigenvalue weighted by Crippen LogP contribution is 2.33. The van der Waals surface area contributed by atoms with Crippen molar-refractivity contribution in [3.63, 3.8) is 0 Å². The average molecular weight is 420 g/mol. The number of anilines is 2. The van der Waals surface area contributed by atoms with Gasteiger partial charge in [0.25, 0.3) is 0 Å². The number of aromatic amines is 1. The second-order valence-electron chi connectivity index (χ2n) is 6.94. The third kappa shape index (κ3) is 4.45. The van der Waals surface area contributed by atoms with E-state index in [-0.39, 0.29) is 11.8 Å². The predicted octanol–water partition coefficient (Wildman–Crippen LogP) is 5.01. The van der Waals surface area contributed by atoms with Crippen molar-refractivity contribution in [1.82, 2.24) is 10.2 Å². The summed E-state index contributed by atoms with van der Waals surface area (Å²) in [5.74, 6) is 0.163. The van der Waals surface area contributed by atoms with Crippen LogP contribution in [0.2, 0.25) is 0 Å². The average Bonchev–Trinajstić information content (AvgIpc) is 3.39. The van der Waals surface area contributed by atoms with Crippen LogP contribution in [0.5, 0.6) is 0 Å². The molecular weight excluding hydrogens is 401 g/mol. The van der Waals surface area contributed by atoms with Crippen LogP contribution in [0.1, 0.15) is 18.4 Å². The summed E-state index contributed by atoms with van der Waals surface area (Å²) in [4.78, 5) is 15.5. The van der Waals surface area contributed by atoms with Crippen molar-refractivity contribution in [3.8, 4) is 10.6 Å². The monoisotopic (exact) mass is 420 g/mol. The van der Waals surface area contributed by atoms with Crippen LogP contribution >= 0.6 is 11.3 Å². The van der Waals surface area contributed by atoms with E-state index in [9.17, 15) is 18.0 Å². The Morgan fingerprint density at radius 3 is 2.66 bits per heavy atom. The topological polar surface area (TPSA) is 61.0 Å². The number of carbonyl (C=O) groups excluding carboxylic acids is 1. The number of halogens is 3. The fraction of sp³-hybridized carbons (Fsp3) is 0.300. The molecule has 9 heteroatoms. The molecule has 5 nitrogen and oxygen atoms in total. The summed E-state index contributed by atoms with van der Waals surface area (Å²) in [7, 11) is 0. The SMILES string of the molecule is O=C(Nc1cc(-c2cccs2)[nH]n1)C1CCN(c2cccc(C(F)(F)F)c2)CC1. The minimum atomic E-state index is -4.36. The van der Waals surface area contributed by atoms with Crippen LogP contribution in [-0.4, -0.2) is 29.2 Å². The summed E-state index contributed by atoms with van der Waals surface area (Å²) < 4.78 is 38.8.